The van der Waals surface area contributed by atoms with Crippen LogP contribution in [0, 0.1) is 11.6 Å². The van der Waals surface area contributed by atoms with E-state index in [1.54, 1.807) is 0 Å². The quantitative estimate of drug-likeness (QED) is 0.820. The maximum Gasteiger partial charge on any atom is 0.126 e. The molecule has 2 unspecified atom stereocenters. The molecule has 1 aromatic carbocycles. The largest absolute Gasteiger partial charge is 0.311 e. The third kappa shape index (κ3) is 3.36. The molecule has 0 aliphatic rings. The van der Waals surface area contributed by atoms with Crippen molar-refractivity contribution in [1.82, 2.24) is 10.2 Å². The van der Waals surface area contributed by atoms with Gasteiger partial charge in [-0.25, -0.2) is 8.78 Å². The van der Waals surface area contributed by atoms with Crippen molar-refractivity contribution in [1.29, 1.82) is 0 Å². The van der Waals surface area contributed by atoms with Gasteiger partial charge >= 0.3 is 0 Å². The lowest BCUT2D eigenvalue weighted by Crippen LogP contribution is -2.53. The Labute approximate surface area is 121 Å². The molecule has 0 saturated carbocycles. The van der Waals surface area contributed by atoms with E-state index >= 15 is 0 Å². The lowest BCUT2D eigenvalue weighted by atomic mass is 9.82. The second kappa shape index (κ2) is 7.14. The number of halogens is 2. The molecule has 0 radical (unpaired) electrons. The summed E-state index contributed by atoms with van der Waals surface area (Å²) in [5.74, 6) is -1.06. The fourth-order valence-corrected chi connectivity index (χ4v) is 3.13. The van der Waals surface area contributed by atoms with Crippen molar-refractivity contribution in [3.63, 3.8) is 0 Å². The van der Waals surface area contributed by atoms with Crippen molar-refractivity contribution in [3.8, 4) is 0 Å². The summed E-state index contributed by atoms with van der Waals surface area (Å²) < 4.78 is 27.0. The first-order valence-electron chi connectivity index (χ1n) is 7.31. The Hall–Kier alpha value is -1.00. The molecule has 20 heavy (non-hydrogen) atoms. The molecule has 0 aliphatic heterocycles. The van der Waals surface area contributed by atoms with Crippen molar-refractivity contribution < 1.29 is 8.78 Å². The molecular formula is C16H26F2N2. The van der Waals surface area contributed by atoms with Gasteiger partial charge in [0.1, 0.15) is 11.6 Å². The van der Waals surface area contributed by atoms with Gasteiger partial charge in [0.15, 0.2) is 0 Å². The molecule has 0 heterocycles. The number of hydrogen-bond acceptors (Lipinski definition) is 2. The van der Waals surface area contributed by atoms with E-state index in [0.29, 0.717) is 5.56 Å². The monoisotopic (exact) mass is 284 g/mol. The fraction of sp³-hybridized carbons (Fsp3) is 0.625. The van der Waals surface area contributed by atoms with Crippen LogP contribution in [0.3, 0.4) is 0 Å². The zero-order valence-corrected chi connectivity index (χ0v) is 13.1. The van der Waals surface area contributed by atoms with Gasteiger partial charge in [0.25, 0.3) is 0 Å². The predicted molar refractivity (Wildman–Crippen MR) is 79.8 cm³/mol. The van der Waals surface area contributed by atoms with Crippen LogP contribution in [0.4, 0.5) is 8.78 Å². The molecule has 0 spiro atoms. The summed E-state index contributed by atoms with van der Waals surface area (Å²) >= 11 is 0. The van der Waals surface area contributed by atoms with Crippen LogP contribution in [0.25, 0.3) is 0 Å². The van der Waals surface area contributed by atoms with Gasteiger partial charge in [-0.3, -0.25) is 4.90 Å². The maximum atomic E-state index is 13.5. The Morgan fingerprint density at radius 2 is 1.60 bits per heavy atom. The zero-order chi connectivity index (χ0) is 15.3. The Morgan fingerprint density at radius 1 is 1.10 bits per heavy atom. The Bertz CT molecular complexity index is 412. The fourth-order valence-electron chi connectivity index (χ4n) is 3.13. The predicted octanol–water partition coefficient (Wildman–Crippen LogP) is 3.74. The van der Waals surface area contributed by atoms with Gasteiger partial charge in [-0.1, -0.05) is 20.8 Å². The van der Waals surface area contributed by atoms with E-state index < -0.39 is 11.6 Å². The van der Waals surface area contributed by atoms with Crippen LogP contribution in [0.5, 0.6) is 0 Å². The van der Waals surface area contributed by atoms with E-state index in [-0.39, 0.29) is 11.6 Å². The van der Waals surface area contributed by atoms with Crippen LogP contribution < -0.4 is 5.32 Å². The molecule has 1 rings (SSSR count). The summed E-state index contributed by atoms with van der Waals surface area (Å²) in [6.45, 7) is 10.3. The van der Waals surface area contributed by atoms with Gasteiger partial charge in [-0.05, 0) is 51.2 Å². The average molecular weight is 284 g/mol. The Kier molecular flexibility index (Phi) is 6.08. The summed E-state index contributed by atoms with van der Waals surface area (Å²) in [5, 5.41) is 3.24. The first kappa shape index (κ1) is 17.1. The molecule has 1 N–H and O–H groups in total. The van der Waals surface area contributed by atoms with Gasteiger partial charge in [0.05, 0.1) is 6.04 Å². The van der Waals surface area contributed by atoms with E-state index in [0.717, 1.165) is 25.6 Å². The highest BCUT2D eigenvalue weighted by Gasteiger charge is 2.37. The summed E-state index contributed by atoms with van der Waals surface area (Å²) in [7, 11) is 1.84. The molecule has 2 nitrogen and oxygen atoms in total. The maximum absolute atomic E-state index is 13.5. The van der Waals surface area contributed by atoms with Crippen molar-refractivity contribution >= 4 is 0 Å². The van der Waals surface area contributed by atoms with Crippen molar-refractivity contribution in [2.24, 2.45) is 0 Å². The highest BCUT2D eigenvalue weighted by atomic mass is 19.1. The summed E-state index contributed by atoms with van der Waals surface area (Å²) in [6, 6.07) is 3.62. The number of hydrogen-bond donors (Lipinski definition) is 1. The number of likely N-dealkylation sites (N-methyl/N-ethyl adjacent to an activating group) is 2. The van der Waals surface area contributed by atoms with E-state index in [2.05, 4.69) is 37.9 Å². The topological polar surface area (TPSA) is 15.3 Å². The molecule has 1 aromatic rings. The van der Waals surface area contributed by atoms with Crippen LogP contribution in [0.1, 0.15) is 45.7 Å². The van der Waals surface area contributed by atoms with E-state index in [9.17, 15) is 8.78 Å². The van der Waals surface area contributed by atoms with Gasteiger partial charge in [-0.2, -0.15) is 0 Å². The lowest BCUT2D eigenvalue weighted by molar-refractivity contribution is 0.0726. The minimum Gasteiger partial charge on any atom is -0.311 e. The molecule has 0 aromatic heterocycles. The minimum absolute atomic E-state index is 0.127. The van der Waals surface area contributed by atoms with Crippen molar-refractivity contribution in [3.05, 3.63) is 35.4 Å². The van der Waals surface area contributed by atoms with E-state index in [1.165, 1.54) is 12.1 Å². The number of nitrogens with one attached hydrogen (secondary N) is 1. The third-order valence-corrected chi connectivity index (χ3v) is 4.33. The van der Waals surface area contributed by atoms with Gasteiger partial charge in [0, 0.05) is 11.6 Å². The molecule has 114 valence electrons. The van der Waals surface area contributed by atoms with Gasteiger partial charge in [-0.15, -0.1) is 0 Å². The molecule has 0 amide bonds. The standard InChI is InChI=1S/C16H26F2N2/c1-6-16(4,20(7-2)8-3)15(19-5)12-9-13(17)11-14(18)10-12/h9-11,15,19H,6-8H2,1-5H3. The molecule has 0 bridgehead atoms. The normalized spacial score (nSPS) is 16.2. The van der Waals surface area contributed by atoms with Crippen LogP contribution in [0.2, 0.25) is 0 Å². The highest BCUT2D eigenvalue weighted by molar-refractivity contribution is 5.25. The van der Waals surface area contributed by atoms with Crippen molar-refractivity contribution in [2.75, 3.05) is 20.1 Å². The molecule has 0 fully saturated rings. The summed E-state index contributed by atoms with van der Waals surface area (Å²) in [6.07, 6.45) is 0.887. The molecular weight excluding hydrogens is 258 g/mol. The highest BCUT2D eigenvalue weighted by Crippen LogP contribution is 2.34. The van der Waals surface area contributed by atoms with Gasteiger partial charge < -0.3 is 5.32 Å². The van der Waals surface area contributed by atoms with E-state index in [4.69, 9.17) is 0 Å². The first-order chi connectivity index (χ1) is 9.42. The third-order valence-electron chi connectivity index (χ3n) is 4.33. The molecule has 0 aliphatic carbocycles. The summed E-state index contributed by atoms with van der Waals surface area (Å²) in [4.78, 5) is 2.33. The second-order valence-corrected chi connectivity index (χ2v) is 5.31. The van der Waals surface area contributed by atoms with E-state index in [1.807, 2.05) is 7.05 Å². The Balaban J connectivity index is 3.27. The number of nitrogens with zero attached hydrogens (tertiary/aromatic N) is 1. The summed E-state index contributed by atoms with van der Waals surface area (Å²) in [5.41, 5.74) is 0.458. The van der Waals surface area contributed by atoms with Crippen molar-refractivity contribution in [2.45, 2.75) is 45.7 Å². The molecule has 2 atom stereocenters. The van der Waals surface area contributed by atoms with Gasteiger partial charge in [0.2, 0.25) is 0 Å². The number of rotatable bonds is 7. The van der Waals surface area contributed by atoms with Crippen LogP contribution in [-0.2, 0) is 0 Å². The lowest BCUT2D eigenvalue weighted by Gasteiger charge is -2.46. The second-order valence-electron chi connectivity index (χ2n) is 5.31. The zero-order valence-electron chi connectivity index (χ0n) is 13.1. The molecule has 4 heteroatoms. The number of benzene rings is 1. The first-order valence-corrected chi connectivity index (χ1v) is 7.31. The SMILES string of the molecule is CCN(CC)C(C)(CC)C(NC)c1cc(F)cc(F)c1. The molecule has 0 saturated heterocycles. The minimum atomic E-state index is -0.529. The van der Waals surface area contributed by atoms with Crippen LogP contribution in [0.15, 0.2) is 18.2 Å². The van der Waals surface area contributed by atoms with Crippen LogP contribution >= 0.6 is 0 Å². The Morgan fingerprint density at radius 3 is 1.95 bits per heavy atom. The average Bonchev–Trinajstić information content (AvgIpc) is 2.39. The van der Waals surface area contributed by atoms with Crippen LogP contribution in [-0.4, -0.2) is 30.6 Å². The smallest absolute Gasteiger partial charge is 0.126 e.